The van der Waals surface area contributed by atoms with Crippen LogP contribution >= 0.6 is 12.4 Å². The Kier molecular flexibility index (Phi) is 6.89. The van der Waals surface area contributed by atoms with E-state index >= 15 is 0 Å². The number of carbonyl (C=O) groups is 1. The van der Waals surface area contributed by atoms with Crippen molar-refractivity contribution in [2.75, 3.05) is 32.8 Å². The van der Waals surface area contributed by atoms with Gasteiger partial charge in [-0.25, -0.2) is 0 Å². The van der Waals surface area contributed by atoms with Crippen LogP contribution in [0.1, 0.15) is 30.5 Å². The van der Waals surface area contributed by atoms with Crippen molar-refractivity contribution in [2.24, 2.45) is 0 Å². The summed E-state index contributed by atoms with van der Waals surface area (Å²) in [4.78, 5) is 15.4. The fraction of sp³-hybridized carbons (Fsp3) is 0.409. The van der Waals surface area contributed by atoms with Gasteiger partial charge in [-0.15, -0.1) is 12.4 Å². The van der Waals surface area contributed by atoms with Gasteiger partial charge < -0.3 is 4.74 Å². The Labute approximate surface area is 166 Å². The van der Waals surface area contributed by atoms with Gasteiger partial charge in [-0.2, -0.15) is 0 Å². The Hall–Kier alpha value is -1.88. The number of halogens is 1. The van der Waals surface area contributed by atoms with E-state index in [1.807, 2.05) is 41.0 Å². The van der Waals surface area contributed by atoms with E-state index in [4.69, 9.17) is 4.74 Å². The number of para-hydroxylation sites is 2. The monoisotopic (exact) mass is 386 g/mol. The van der Waals surface area contributed by atoms with Gasteiger partial charge in [-0.1, -0.05) is 42.8 Å². The third kappa shape index (κ3) is 4.34. The molecule has 1 aromatic heterocycles. The van der Waals surface area contributed by atoms with E-state index in [0.717, 1.165) is 73.9 Å². The zero-order valence-corrected chi connectivity index (χ0v) is 16.4. The van der Waals surface area contributed by atoms with Crippen LogP contribution in [0.4, 0.5) is 0 Å². The lowest BCUT2D eigenvalue weighted by molar-refractivity contribution is 0.0371. The number of morpholine rings is 1. The molecule has 1 aliphatic rings. The third-order valence-electron chi connectivity index (χ3n) is 5.30. The van der Waals surface area contributed by atoms with Crippen LogP contribution in [-0.4, -0.2) is 48.2 Å². The molecule has 0 atom stereocenters. The molecule has 0 radical (unpaired) electrons. The fourth-order valence-electron chi connectivity index (χ4n) is 3.92. The van der Waals surface area contributed by atoms with Crippen LogP contribution in [0.2, 0.25) is 0 Å². The zero-order valence-electron chi connectivity index (χ0n) is 15.6. The molecule has 3 aromatic rings. The Morgan fingerprint density at radius 1 is 0.852 bits per heavy atom. The van der Waals surface area contributed by atoms with Crippen molar-refractivity contribution < 1.29 is 9.53 Å². The van der Waals surface area contributed by atoms with Crippen molar-refractivity contribution in [2.45, 2.75) is 25.7 Å². The molecule has 0 spiro atoms. The van der Waals surface area contributed by atoms with Crippen LogP contribution < -0.4 is 0 Å². The average Bonchev–Trinajstić information content (AvgIpc) is 3.03. The molecule has 1 saturated heterocycles. The Balaban J connectivity index is 0.00000210. The Morgan fingerprint density at radius 2 is 1.44 bits per heavy atom. The number of nitrogens with zero attached hydrogens (tertiary/aromatic N) is 2. The third-order valence-corrected chi connectivity index (χ3v) is 5.30. The van der Waals surface area contributed by atoms with Crippen LogP contribution in [-0.2, 0) is 4.74 Å². The number of hydrogen-bond acceptors (Lipinski definition) is 3. The highest BCUT2D eigenvalue weighted by Crippen LogP contribution is 2.29. The average molecular weight is 387 g/mol. The molecule has 5 heteroatoms. The number of carbonyl (C=O) groups excluding carboxylic acids is 1. The minimum absolute atomic E-state index is 0. The maximum Gasteiger partial charge on any atom is 0.231 e. The van der Waals surface area contributed by atoms with Crippen molar-refractivity contribution in [3.63, 3.8) is 0 Å². The Morgan fingerprint density at radius 3 is 2.07 bits per heavy atom. The summed E-state index contributed by atoms with van der Waals surface area (Å²) in [5.74, 6) is 0.203. The lowest BCUT2D eigenvalue weighted by atomic mass is 10.1. The van der Waals surface area contributed by atoms with E-state index in [1.165, 1.54) is 0 Å². The molecule has 0 amide bonds. The maximum atomic E-state index is 12.9. The number of ether oxygens (including phenoxy) is 1. The predicted molar refractivity (Wildman–Crippen MR) is 113 cm³/mol. The van der Waals surface area contributed by atoms with Gasteiger partial charge >= 0.3 is 0 Å². The quantitative estimate of drug-likeness (QED) is 0.573. The molecule has 0 bridgehead atoms. The Bertz CT molecular complexity index is 846. The van der Waals surface area contributed by atoms with Crippen molar-refractivity contribution in [1.82, 2.24) is 9.47 Å². The van der Waals surface area contributed by atoms with Crippen LogP contribution in [0.25, 0.3) is 21.8 Å². The minimum Gasteiger partial charge on any atom is -0.379 e. The topological polar surface area (TPSA) is 34.5 Å². The molecule has 2 heterocycles. The largest absolute Gasteiger partial charge is 0.379 e. The van der Waals surface area contributed by atoms with Crippen molar-refractivity contribution in [3.05, 3.63) is 48.5 Å². The number of aromatic nitrogens is 1. The SMILES string of the molecule is Cl.O=C(CCCCCN1CCOCC1)n1c2ccccc2c2ccccc21. The minimum atomic E-state index is 0. The van der Waals surface area contributed by atoms with E-state index in [-0.39, 0.29) is 18.3 Å². The first-order valence-corrected chi connectivity index (χ1v) is 9.66. The molecule has 0 N–H and O–H groups in total. The van der Waals surface area contributed by atoms with Crippen LogP contribution in [0, 0.1) is 0 Å². The van der Waals surface area contributed by atoms with Gasteiger partial charge in [0.2, 0.25) is 5.91 Å². The van der Waals surface area contributed by atoms with Gasteiger partial charge in [0.15, 0.2) is 0 Å². The van der Waals surface area contributed by atoms with E-state index in [1.54, 1.807) is 0 Å². The normalized spacial score (nSPS) is 15.1. The second-order valence-electron chi connectivity index (χ2n) is 7.03. The van der Waals surface area contributed by atoms with E-state index in [9.17, 15) is 4.79 Å². The second kappa shape index (κ2) is 9.36. The number of rotatable bonds is 6. The first-order valence-electron chi connectivity index (χ1n) is 9.66. The number of fused-ring (bicyclic) bond motifs is 3. The van der Waals surface area contributed by atoms with Crippen LogP contribution in [0.5, 0.6) is 0 Å². The highest BCUT2D eigenvalue weighted by Gasteiger charge is 2.15. The first kappa shape index (κ1) is 19.9. The summed E-state index contributed by atoms with van der Waals surface area (Å²) in [7, 11) is 0. The van der Waals surface area contributed by atoms with Gasteiger partial charge in [0.05, 0.1) is 24.2 Å². The molecular formula is C22H27ClN2O2. The zero-order chi connectivity index (χ0) is 17.8. The van der Waals surface area contributed by atoms with Crippen LogP contribution in [0.15, 0.2) is 48.5 Å². The number of benzene rings is 2. The fourth-order valence-corrected chi connectivity index (χ4v) is 3.92. The molecule has 1 fully saturated rings. The van der Waals surface area contributed by atoms with Crippen LogP contribution in [0.3, 0.4) is 0 Å². The number of unbranched alkanes of at least 4 members (excludes halogenated alkanes) is 2. The molecule has 1 aliphatic heterocycles. The summed E-state index contributed by atoms with van der Waals surface area (Å²) in [6.45, 7) is 4.91. The molecule has 4 rings (SSSR count). The molecule has 144 valence electrons. The molecule has 2 aromatic carbocycles. The summed E-state index contributed by atoms with van der Waals surface area (Å²) in [6, 6.07) is 16.4. The highest BCUT2D eigenvalue weighted by atomic mass is 35.5. The van der Waals surface area contributed by atoms with E-state index in [0.29, 0.717) is 6.42 Å². The lowest BCUT2D eigenvalue weighted by Crippen LogP contribution is -2.36. The molecule has 0 aliphatic carbocycles. The smallest absolute Gasteiger partial charge is 0.231 e. The molecule has 27 heavy (non-hydrogen) atoms. The molecule has 4 nitrogen and oxygen atoms in total. The lowest BCUT2D eigenvalue weighted by Gasteiger charge is -2.26. The predicted octanol–water partition coefficient (Wildman–Crippen LogP) is 4.75. The summed E-state index contributed by atoms with van der Waals surface area (Å²) < 4.78 is 7.29. The highest BCUT2D eigenvalue weighted by molar-refractivity contribution is 6.13. The molecule has 0 unspecified atom stereocenters. The van der Waals surface area contributed by atoms with Crippen molar-refractivity contribution in [3.8, 4) is 0 Å². The van der Waals surface area contributed by atoms with Gasteiger partial charge in [-0.05, 0) is 31.5 Å². The van der Waals surface area contributed by atoms with Crippen molar-refractivity contribution in [1.29, 1.82) is 0 Å². The maximum absolute atomic E-state index is 12.9. The second-order valence-corrected chi connectivity index (χ2v) is 7.03. The molecular weight excluding hydrogens is 360 g/mol. The molecule has 0 saturated carbocycles. The summed E-state index contributed by atoms with van der Waals surface area (Å²) in [5.41, 5.74) is 2.04. The van der Waals surface area contributed by atoms with Crippen molar-refractivity contribution >= 4 is 40.1 Å². The summed E-state index contributed by atoms with van der Waals surface area (Å²) >= 11 is 0. The standard InChI is InChI=1S/C22H26N2O2.ClH/c25-22(12-2-1-7-13-23-14-16-26-17-15-23)24-20-10-5-3-8-18(20)19-9-4-6-11-21(19)24;/h3-6,8-11H,1-2,7,12-17H2;1H. The number of hydrogen-bond donors (Lipinski definition) is 0. The first-order chi connectivity index (χ1) is 12.8. The van der Waals surface area contributed by atoms with E-state index < -0.39 is 0 Å². The summed E-state index contributed by atoms with van der Waals surface area (Å²) in [6.07, 6.45) is 3.80. The summed E-state index contributed by atoms with van der Waals surface area (Å²) in [5, 5.41) is 2.31. The van der Waals surface area contributed by atoms with E-state index in [2.05, 4.69) is 17.0 Å². The van der Waals surface area contributed by atoms with Gasteiger partial charge in [0.25, 0.3) is 0 Å². The van der Waals surface area contributed by atoms with Gasteiger partial charge in [0, 0.05) is 30.3 Å². The van der Waals surface area contributed by atoms with Gasteiger partial charge in [-0.3, -0.25) is 14.3 Å². The van der Waals surface area contributed by atoms with Gasteiger partial charge in [0.1, 0.15) is 0 Å².